The minimum absolute atomic E-state index is 0.354. The van der Waals surface area contributed by atoms with Gasteiger partial charge in [-0.05, 0) is 53.2 Å². The fourth-order valence-electron chi connectivity index (χ4n) is 2.39. The molecule has 9 heteroatoms. The van der Waals surface area contributed by atoms with Crippen molar-refractivity contribution in [2.24, 2.45) is 0 Å². The summed E-state index contributed by atoms with van der Waals surface area (Å²) in [5.41, 5.74) is 0.846. The Bertz CT molecular complexity index is 892. The van der Waals surface area contributed by atoms with Crippen LogP contribution in [0.2, 0.25) is 0 Å². The number of hydrogen-bond acceptors (Lipinski definition) is 4. The van der Waals surface area contributed by atoms with Gasteiger partial charge in [-0.2, -0.15) is 13.2 Å². The quantitative estimate of drug-likeness (QED) is 0.775. The molecule has 0 radical (unpaired) electrons. The van der Waals surface area contributed by atoms with E-state index in [9.17, 15) is 18.0 Å². The first-order chi connectivity index (χ1) is 12.3. The van der Waals surface area contributed by atoms with Gasteiger partial charge < -0.3 is 5.32 Å². The molecular formula is C17H14F3N5O. The molecule has 0 fully saturated rings. The lowest BCUT2D eigenvalue weighted by atomic mass is 10.1. The number of amides is 1. The summed E-state index contributed by atoms with van der Waals surface area (Å²) in [7, 11) is 0. The van der Waals surface area contributed by atoms with E-state index in [1.165, 1.54) is 23.1 Å². The van der Waals surface area contributed by atoms with Crippen molar-refractivity contribution < 1.29 is 18.0 Å². The first kappa shape index (κ1) is 17.6. The van der Waals surface area contributed by atoms with Crippen molar-refractivity contribution in [2.45, 2.75) is 19.1 Å². The molecule has 0 bridgehead atoms. The van der Waals surface area contributed by atoms with Crippen molar-refractivity contribution >= 4 is 5.91 Å². The predicted octanol–water partition coefficient (Wildman–Crippen LogP) is 3.17. The van der Waals surface area contributed by atoms with Gasteiger partial charge in [0.25, 0.3) is 5.91 Å². The Hall–Kier alpha value is -3.23. The zero-order chi connectivity index (χ0) is 18.7. The van der Waals surface area contributed by atoms with E-state index < -0.39 is 17.8 Å². The summed E-state index contributed by atoms with van der Waals surface area (Å²) in [5.74, 6) is -0.354. The fourth-order valence-corrected chi connectivity index (χ4v) is 2.39. The zero-order valence-electron chi connectivity index (χ0n) is 13.6. The van der Waals surface area contributed by atoms with Gasteiger partial charge in [0.2, 0.25) is 0 Å². The maximum Gasteiger partial charge on any atom is 0.416 e. The molecule has 1 amide bonds. The highest BCUT2D eigenvalue weighted by Gasteiger charge is 2.30. The van der Waals surface area contributed by atoms with Crippen LogP contribution < -0.4 is 5.32 Å². The number of alkyl halides is 3. The maximum atomic E-state index is 12.6. The second-order valence-corrected chi connectivity index (χ2v) is 5.62. The minimum atomic E-state index is -4.39. The van der Waals surface area contributed by atoms with Gasteiger partial charge in [0.1, 0.15) is 6.33 Å². The molecule has 26 heavy (non-hydrogen) atoms. The Morgan fingerprint density at radius 2 is 1.88 bits per heavy atom. The Kier molecular flexibility index (Phi) is 4.70. The molecule has 0 saturated heterocycles. The molecule has 0 spiro atoms. The van der Waals surface area contributed by atoms with Crippen LogP contribution in [0, 0.1) is 0 Å². The molecule has 2 aromatic carbocycles. The van der Waals surface area contributed by atoms with Crippen LogP contribution >= 0.6 is 0 Å². The molecule has 1 unspecified atom stereocenters. The Morgan fingerprint density at radius 3 is 2.50 bits per heavy atom. The summed E-state index contributed by atoms with van der Waals surface area (Å²) < 4.78 is 39.3. The molecule has 1 atom stereocenters. The number of rotatable bonds is 4. The molecule has 3 rings (SSSR count). The standard InChI is InChI=1S/C17H14F3N5O/c1-11(12-5-7-14(8-6-12)17(18,19)20)22-16(26)13-3-2-4-15(9-13)25-10-21-23-24-25/h2-11H,1H3,(H,22,26). The van der Waals surface area contributed by atoms with Gasteiger partial charge >= 0.3 is 6.18 Å². The van der Waals surface area contributed by atoms with Crippen molar-refractivity contribution in [1.82, 2.24) is 25.5 Å². The molecule has 1 aromatic heterocycles. The van der Waals surface area contributed by atoms with Crippen molar-refractivity contribution in [3.8, 4) is 5.69 Å². The minimum Gasteiger partial charge on any atom is -0.346 e. The predicted molar refractivity (Wildman–Crippen MR) is 86.5 cm³/mol. The average Bonchev–Trinajstić information content (AvgIpc) is 3.16. The van der Waals surface area contributed by atoms with E-state index in [0.717, 1.165) is 12.1 Å². The highest BCUT2D eigenvalue weighted by molar-refractivity contribution is 5.95. The van der Waals surface area contributed by atoms with Gasteiger partial charge in [0, 0.05) is 5.56 Å². The smallest absolute Gasteiger partial charge is 0.346 e. The van der Waals surface area contributed by atoms with E-state index in [-0.39, 0.29) is 5.91 Å². The Balaban J connectivity index is 1.72. The highest BCUT2D eigenvalue weighted by Crippen LogP contribution is 2.29. The molecule has 1 N–H and O–H groups in total. The SMILES string of the molecule is CC(NC(=O)c1cccc(-n2cnnn2)c1)c1ccc(C(F)(F)F)cc1. The van der Waals surface area contributed by atoms with E-state index in [1.54, 1.807) is 31.2 Å². The van der Waals surface area contributed by atoms with E-state index in [4.69, 9.17) is 0 Å². The second-order valence-electron chi connectivity index (χ2n) is 5.62. The number of tetrazole rings is 1. The van der Waals surface area contributed by atoms with Crippen molar-refractivity contribution in [1.29, 1.82) is 0 Å². The largest absolute Gasteiger partial charge is 0.416 e. The summed E-state index contributed by atoms with van der Waals surface area (Å²) >= 11 is 0. The van der Waals surface area contributed by atoms with Crippen molar-refractivity contribution in [2.75, 3.05) is 0 Å². The lowest BCUT2D eigenvalue weighted by molar-refractivity contribution is -0.137. The van der Waals surface area contributed by atoms with Gasteiger partial charge in [0.05, 0.1) is 17.3 Å². The van der Waals surface area contributed by atoms with Crippen LogP contribution in [0.3, 0.4) is 0 Å². The summed E-state index contributed by atoms with van der Waals surface area (Å²) in [6, 6.07) is 10.9. The number of halogens is 3. The average molecular weight is 361 g/mol. The number of nitrogens with zero attached hydrogens (tertiary/aromatic N) is 4. The normalized spacial score (nSPS) is 12.6. The van der Waals surface area contributed by atoms with Crippen LogP contribution in [0.25, 0.3) is 5.69 Å². The molecule has 134 valence electrons. The van der Waals surface area contributed by atoms with Crippen molar-refractivity contribution in [3.63, 3.8) is 0 Å². The van der Waals surface area contributed by atoms with E-state index in [1.807, 2.05) is 0 Å². The third-order valence-corrected chi connectivity index (χ3v) is 3.81. The molecule has 6 nitrogen and oxygen atoms in total. The summed E-state index contributed by atoms with van der Waals surface area (Å²) in [6.07, 6.45) is -2.98. The monoisotopic (exact) mass is 361 g/mol. The number of hydrogen-bond donors (Lipinski definition) is 1. The molecular weight excluding hydrogens is 347 g/mol. The number of benzene rings is 2. The van der Waals surface area contributed by atoms with Gasteiger partial charge in [-0.15, -0.1) is 5.10 Å². The van der Waals surface area contributed by atoms with Crippen LogP contribution in [0.5, 0.6) is 0 Å². The van der Waals surface area contributed by atoms with Gasteiger partial charge in [-0.1, -0.05) is 18.2 Å². The Labute approximate surface area is 146 Å². The van der Waals surface area contributed by atoms with Gasteiger partial charge in [-0.3, -0.25) is 4.79 Å². The van der Waals surface area contributed by atoms with Crippen LogP contribution in [0.15, 0.2) is 54.9 Å². The number of carbonyl (C=O) groups is 1. The lowest BCUT2D eigenvalue weighted by Gasteiger charge is -2.16. The molecule has 0 aliphatic heterocycles. The molecule has 0 aliphatic carbocycles. The van der Waals surface area contributed by atoms with E-state index >= 15 is 0 Å². The van der Waals surface area contributed by atoms with Gasteiger partial charge in [0.15, 0.2) is 0 Å². The summed E-state index contributed by atoms with van der Waals surface area (Å²) in [6.45, 7) is 1.70. The van der Waals surface area contributed by atoms with Crippen LogP contribution in [-0.2, 0) is 6.18 Å². The topological polar surface area (TPSA) is 72.7 Å². The van der Waals surface area contributed by atoms with Crippen LogP contribution in [0.4, 0.5) is 13.2 Å². The summed E-state index contributed by atoms with van der Waals surface area (Å²) in [5, 5.41) is 13.6. The number of nitrogens with one attached hydrogen (secondary N) is 1. The third kappa shape index (κ3) is 3.88. The first-order valence-electron chi connectivity index (χ1n) is 7.66. The first-order valence-corrected chi connectivity index (χ1v) is 7.66. The van der Waals surface area contributed by atoms with Crippen LogP contribution in [-0.4, -0.2) is 26.1 Å². The molecule has 3 aromatic rings. The summed E-state index contributed by atoms with van der Waals surface area (Å²) in [4.78, 5) is 12.4. The van der Waals surface area contributed by atoms with Crippen molar-refractivity contribution in [3.05, 3.63) is 71.5 Å². The number of aromatic nitrogens is 4. The molecule has 0 saturated carbocycles. The second kappa shape index (κ2) is 6.95. The lowest BCUT2D eigenvalue weighted by Crippen LogP contribution is -2.26. The van der Waals surface area contributed by atoms with Gasteiger partial charge in [-0.25, -0.2) is 4.68 Å². The number of carbonyl (C=O) groups excluding carboxylic acids is 1. The fraction of sp³-hybridized carbons (Fsp3) is 0.176. The highest BCUT2D eigenvalue weighted by atomic mass is 19.4. The third-order valence-electron chi connectivity index (χ3n) is 3.81. The van der Waals surface area contributed by atoms with E-state index in [0.29, 0.717) is 16.8 Å². The maximum absolute atomic E-state index is 12.6. The Morgan fingerprint density at radius 1 is 1.15 bits per heavy atom. The van der Waals surface area contributed by atoms with E-state index in [2.05, 4.69) is 20.8 Å². The van der Waals surface area contributed by atoms with Crippen LogP contribution in [0.1, 0.15) is 34.5 Å². The zero-order valence-corrected chi connectivity index (χ0v) is 13.6. The molecule has 1 heterocycles. The molecule has 0 aliphatic rings.